The van der Waals surface area contributed by atoms with Crippen LogP contribution in [-0.4, -0.2) is 39.7 Å². The van der Waals surface area contributed by atoms with Crippen LogP contribution < -0.4 is 0 Å². The maximum atomic E-state index is 14.1. The Balaban J connectivity index is 2.24. The van der Waals surface area contributed by atoms with Gasteiger partial charge in [-0.1, -0.05) is 54.1 Å². The molecule has 0 aliphatic carbocycles. The third-order valence-corrected chi connectivity index (χ3v) is 5.15. The van der Waals surface area contributed by atoms with E-state index >= 15 is 0 Å². The molecule has 0 aliphatic heterocycles. The van der Waals surface area contributed by atoms with E-state index in [2.05, 4.69) is 0 Å². The fraction of sp³-hybridized carbons (Fsp3) is 0.292. The highest BCUT2D eigenvalue weighted by atomic mass is 35.5. The van der Waals surface area contributed by atoms with Gasteiger partial charge in [0.1, 0.15) is 11.4 Å². The second-order valence-electron chi connectivity index (χ2n) is 8.34. The molecule has 2 aromatic carbocycles. The van der Waals surface area contributed by atoms with Gasteiger partial charge in [0.05, 0.1) is 5.60 Å². The largest absolute Gasteiger partial charge is 0.431 e. The summed E-state index contributed by atoms with van der Waals surface area (Å²) in [4.78, 5) is 14.7. The Morgan fingerprint density at radius 1 is 1.06 bits per heavy atom. The molecule has 8 heteroatoms. The minimum absolute atomic E-state index is 0.0518. The second kappa shape index (κ2) is 9.00. The van der Waals surface area contributed by atoms with Gasteiger partial charge in [0, 0.05) is 30.7 Å². The van der Waals surface area contributed by atoms with Crippen molar-refractivity contribution < 1.29 is 23.1 Å². The summed E-state index contributed by atoms with van der Waals surface area (Å²) in [6.45, 7) is 2.87. The molecule has 1 amide bonds. The first-order valence-corrected chi connectivity index (χ1v) is 10.3. The average molecular weight is 465 g/mol. The van der Waals surface area contributed by atoms with E-state index < -0.39 is 23.4 Å². The summed E-state index contributed by atoms with van der Waals surface area (Å²) in [6.07, 6.45) is -4.68. The molecule has 1 aromatic heterocycles. The molecule has 0 bridgehead atoms. The van der Waals surface area contributed by atoms with Crippen molar-refractivity contribution in [2.45, 2.75) is 32.2 Å². The number of alkyl halides is 3. The first kappa shape index (κ1) is 23.9. The summed E-state index contributed by atoms with van der Waals surface area (Å²) in [5.41, 5.74) is -1.03. The Morgan fingerprint density at radius 3 is 2.19 bits per heavy atom. The lowest BCUT2D eigenvalue weighted by Crippen LogP contribution is -2.40. The van der Waals surface area contributed by atoms with Crippen molar-refractivity contribution in [3.05, 3.63) is 82.6 Å². The fourth-order valence-corrected chi connectivity index (χ4v) is 3.75. The molecule has 0 saturated carbocycles. The Bertz CT molecular complexity index is 1090. The molecule has 0 radical (unpaired) electrons. The SMILES string of the molecule is CN(CC(C)(C)O)C(=O)c1c(-c2ccc(Cl)cc2)cc(C(F)(F)F)n1Cc1ccccc1. The van der Waals surface area contributed by atoms with E-state index in [0.29, 0.717) is 16.1 Å². The molecule has 1 heterocycles. The Kier molecular flexibility index (Phi) is 6.72. The van der Waals surface area contributed by atoms with Crippen molar-refractivity contribution in [1.29, 1.82) is 0 Å². The zero-order chi connectivity index (χ0) is 23.7. The van der Waals surface area contributed by atoms with E-state index in [1.54, 1.807) is 54.6 Å². The minimum Gasteiger partial charge on any atom is -0.389 e. The van der Waals surface area contributed by atoms with Crippen LogP contribution in [0, 0.1) is 0 Å². The number of likely N-dealkylation sites (N-methyl/N-ethyl adjacent to an activating group) is 1. The van der Waals surface area contributed by atoms with E-state index in [1.165, 1.54) is 25.8 Å². The van der Waals surface area contributed by atoms with Crippen LogP contribution in [0.5, 0.6) is 0 Å². The van der Waals surface area contributed by atoms with Gasteiger partial charge in [-0.25, -0.2) is 0 Å². The number of hydrogen-bond donors (Lipinski definition) is 1. The molecular weight excluding hydrogens is 441 g/mol. The molecule has 0 unspecified atom stereocenters. The van der Waals surface area contributed by atoms with Gasteiger partial charge in [-0.3, -0.25) is 4.79 Å². The van der Waals surface area contributed by atoms with Crippen molar-refractivity contribution in [2.24, 2.45) is 0 Å². The summed E-state index contributed by atoms with van der Waals surface area (Å²) < 4.78 is 43.2. The second-order valence-corrected chi connectivity index (χ2v) is 8.78. The first-order chi connectivity index (χ1) is 14.9. The highest BCUT2D eigenvalue weighted by Crippen LogP contribution is 2.38. The van der Waals surface area contributed by atoms with Gasteiger partial charge in [0.2, 0.25) is 0 Å². The predicted molar refractivity (Wildman–Crippen MR) is 119 cm³/mol. The average Bonchev–Trinajstić information content (AvgIpc) is 3.07. The van der Waals surface area contributed by atoms with E-state index in [1.807, 2.05) is 0 Å². The molecule has 170 valence electrons. The molecule has 4 nitrogen and oxygen atoms in total. The zero-order valence-corrected chi connectivity index (χ0v) is 18.7. The van der Waals surface area contributed by atoms with Crippen LogP contribution >= 0.6 is 11.6 Å². The third-order valence-electron chi connectivity index (χ3n) is 4.90. The van der Waals surface area contributed by atoms with Crippen LogP contribution in [0.4, 0.5) is 13.2 Å². The summed E-state index contributed by atoms with van der Waals surface area (Å²) in [7, 11) is 1.46. The van der Waals surface area contributed by atoms with Crippen LogP contribution in [0.15, 0.2) is 60.7 Å². The van der Waals surface area contributed by atoms with E-state index in [0.717, 1.165) is 10.6 Å². The number of amides is 1. The zero-order valence-electron chi connectivity index (χ0n) is 17.9. The smallest absolute Gasteiger partial charge is 0.389 e. The molecule has 1 N–H and O–H groups in total. The van der Waals surface area contributed by atoms with Gasteiger partial charge in [0.15, 0.2) is 0 Å². The number of hydrogen-bond acceptors (Lipinski definition) is 2. The van der Waals surface area contributed by atoms with Crippen molar-refractivity contribution in [1.82, 2.24) is 9.47 Å². The Labute approximate surface area is 189 Å². The Hall–Kier alpha value is -2.77. The van der Waals surface area contributed by atoms with Gasteiger partial charge >= 0.3 is 6.18 Å². The molecule has 0 fully saturated rings. The Morgan fingerprint density at radius 2 is 1.66 bits per heavy atom. The maximum absolute atomic E-state index is 14.1. The van der Waals surface area contributed by atoms with E-state index in [9.17, 15) is 23.1 Å². The van der Waals surface area contributed by atoms with Crippen LogP contribution in [0.3, 0.4) is 0 Å². The van der Waals surface area contributed by atoms with Crippen molar-refractivity contribution in [2.75, 3.05) is 13.6 Å². The number of benzene rings is 2. The number of aromatic nitrogens is 1. The van der Waals surface area contributed by atoms with Gasteiger partial charge in [-0.05, 0) is 43.2 Å². The fourth-order valence-electron chi connectivity index (χ4n) is 3.63. The normalized spacial score (nSPS) is 12.1. The summed E-state index contributed by atoms with van der Waals surface area (Å²) in [6, 6.07) is 15.9. The maximum Gasteiger partial charge on any atom is 0.431 e. The van der Waals surface area contributed by atoms with Gasteiger partial charge in [-0.2, -0.15) is 13.2 Å². The van der Waals surface area contributed by atoms with Crippen molar-refractivity contribution in [3.63, 3.8) is 0 Å². The third kappa shape index (κ3) is 5.53. The van der Waals surface area contributed by atoms with Crippen LogP contribution in [0.2, 0.25) is 5.02 Å². The standard InChI is InChI=1S/C24H24ClF3N2O2/c1-23(2,32)15-29(3)22(31)21-19(17-9-11-18(25)12-10-17)13-20(24(26,27)28)30(21)14-16-7-5-4-6-8-16/h4-13,32H,14-15H2,1-3H3. The van der Waals surface area contributed by atoms with Crippen molar-refractivity contribution in [3.8, 4) is 11.1 Å². The van der Waals surface area contributed by atoms with E-state index in [-0.39, 0.29) is 24.3 Å². The number of carbonyl (C=O) groups is 1. The molecule has 0 saturated heterocycles. The summed E-state index contributed by atoms with van der Waals surface area (Å²) in [5.74, 6) is -0.622. The van der Waals surface area contributed by atoms with Gasteiger partial charge in [0.25, 0.3) is 5.91 Å². The highest BCUT2D eigenvalue weighted by molar-refractivity contribution is 6.30. The molecule has 0 spiro atoms. The molecule has 3 rings (SSSR count). The number of aliphatic hydroxyl groups is 1. The lowest BCUT2D eigenvalue weighted by molar-refractivity contribution is -0.143. The molecule has 3 aromatic rings. The number of carbonyl (C=O) groups excluding carboxylic acids is 1. The lowest BCUT2D eigenvalue weighted by atomic mass is 10.0. The number of rotatable bonds is 6. The molecule has 32 heavy (non-hydrogen) atoms. The van der Waals surface area contributed by atoms with Crippen LogP contribution in [-0.2, 0) is 12.7 Å². The van der Waals surface area contributed by atoms with Crippen LogP contribution in [0.1, 0.15) is 35.6 Å². The van der Waals surface area contributed by atoms with Gasteiger partial charge in [-0.15, -0.1) is 0 Å². The molecule has 0 aliphatic rings. The number of halogens is 4. The first-order valence-electron chi connectivity index (χ1n) is 9.95. The topological polar surface area (TPSA) is 45.5 Å². The summed E-state index contributed by atoms with van der Waals surface area (Å²) >= 11 is 5.95. The minimum atomic E-state index is -4.68. The molecule has 0 atom stereocenters. The van der Waals surface area contributed by atoms with Crippen LogP contribution in [0.25, 0.3) is 11.1 Å². The van der Waals surface area contributed by atoms with Gasteiger partial charge < -0.3 is 14.6 Å². The molecular formula is C24H24ClF3N2O2. The lowest BCUT2D eigenvalue weighted by Gasteiger charge is -2.27. The predicted octanol–water partition coefficient (Wildman–Crippen LogP) is 5.72. The highest BCUT2D eigenvalue weighted by Gasteiger charge is 2.39. The monoisotopic (exact) mass is 464 g/mol. The number of nitrogens with zero attached hydrogens (tertiary/aromatic N) is 2. The summed E-state index contributed by atoms with van der Waals surface area (Å²) in [5, 5.41) is 10.6. The van der Waals surface area contributed by atoms with Crippen molar-refractivity contribution >= 4 is 17.5 Å². The quantitative estimate of drug-likeness (QED) is 0.507. The van der Waals surface area contributed by atoms with E-state index in [4.69, 9.17) is 11.6 Å².